The van der Waals surface area contributed by atoms with Crippen molar-refractivity contribution >= 4 is 75.9 Å². The van der Waals surface area contributed by atoms with Gasteiger partial charge in [0.2, 0.25) is 0 Å². The lowest BCUT2D eigenvalue weighted by atomic mass is 10.1. The Morgan fingerprint density at radius 1 is 0.850 bits per heavy atom. The molecular weight excluding hydrogens is 387 g/mol. The van der Waals surface area contributed by atoms with E-state index in [2.05, 4.69) is 4.98 Å². The fourth-order valence-electron chi connectivity index (χ4n) is 1.57. The number of halogens is 6. The Balaban J connectivity index is 2.87. The van der Waals surface area contributed by atoms with E-state index in [1.165, 1.54) is 12.3 Å². The summed E-state index contributed by atoms with van der Waals surface area (Å²) < 4.78 is 0. The van der Waals surface area contributed by atoms with Crippen LogP contribution in [0, 0.1) is 0 Å². The monoisotopic (exact) mass is 387 g/mol. The smallest absolute Gasteiger partial charge is 0.152 e. The molecule has 0 aliphatic carbocycles. The highest BCUT2D eigenvalue weighted by Gasteiger charge is 2.23. The van der Waals surface area contributed by atoms with Gasteiger partial charge < -0.3 is 0 Å². The van der Waals surface area contributed by atoms with Gasteiger partial charge in [-0.05, 0) is 6.07 Å². The predicted molar refractivity (Wildman–Crippen MR) is 85.1 cm³/mol. The zero-order chi connectivity index (χ0) is 15.0. The molecule has 20 heavy (non-hydrogen) atoms. The fourth-order valence-corrected chi connectivity index (χ4v) is 3.05. The minimum atomic E-state index is 0.0336. The third-order valence-electron chi connectivity index (χ3n) is 2.46. The van der Waals surface area contributed by atoms with E-state index in [0.29, 0.717) is 11.3 Å². The number of hydrogen-bond donors (Lipinski definition) is 0. The lowest BCUT2D eigenvalue weighted by Crippen LogP contribution is -1.95. The van der Waals surface area contributed by atoms with Crippen LogP contribution in [-0.2, 0) is 0 Å². The number of rotatable bonds is 2. The normalized spacial score (nSPS) is 10.7. The van der Waals surface area contributed by atoms with Crippen molar-refractivity contribution in [1.82, 2.24) is 4.98 Å². The van der Waals surface area contributed by atoms with Crippen LogP contribution in [0.1, 0.15) is 10.4 Å². The molecule has 0 amide bonds. The molecule has 0 atom stereocenters. The van der Waals surface area contributed by atoms with Gasteiger partial charge in [0, 0.05) is 17.3 Å². The van der Waals surface area contributed by atoms with Crippen LogP contribution in [0.5, 0.6) is 0 Å². The molecule has 0 saturated heterocycles. The summed E-state index contributed by atoms with van der Waals surface area (Å²) in [4.78, 5) is 15.2. The van der Waals surface area contributed by atoms with E-state index in [9.17, 15) is 4.79 Å². The van der Waals surface area contributed by atoms with Gasteiger partial charge in [0.1, 0.15) is 0 Å². The summed E-state index contributed by atoms with van der Waals surface area (Å²) in [6.45, 7) is 0. The molecule has 0 aliphatic rings. The highest BCUT2D eigenvalue weighted by atomic mass is 35.5. The van der Waals surface area contributed by atoms with Gasteiger partial charge in [-0.25, -0.2) is 0 Å². The first kappa shape index (κ1) is 16.2. The molecule has 0 unspecified atom stereocenters. The molecule has 1 aromatic heterocycles. The van der Waals surface area contributed by atoms with Crippen LogP contribution in [0.25, 0.3) is 11.3 Å². The lowest BCUT2D eigenvalue weighted by molar-refractivity contribution is 0.112. The van der Waals surface area contributed by atoms with E-state index in [1.807, 2.05) is 0 Å². The second-order valence-electron chi connectivity index (χ2n) is 3.65. The maximum Gasteiger partial charge on any atom is 0.152 e. The highest BCUT2D eigenvalue weighted by Crippen LogP contribution is 2.48. The molecule has 0 saturated carbocycles. The molecule has 2 nitrogen and oxygen atoms in total. The van der Waals surface area contributed by atoms with Crippen LogP contribution in [0.3, 0.4) is 0 Å². The summed E-state index contributed by atoms with van der Waals surface area (Å²) >= 11 is 35.9. The summed E-state index contributed by atoms with van der Waals surface area (Å²) in [7, 11) is 0. The Labute approximate surface area is 144 Å². The van der Waals surface area contributed by atoms with Crippen LogP contribution in [0.2, 0.25) is 30.1 Å². The second kappa shape index (κ2) is 6.27. The molecule has 0 spiro atoms. The number of aldehydes is 1. The first-order valence-electron chi connectivity index (χ1n) is 5.01. The number of carbonyl (C=O) groups is 1. The van der Waals surface area contributed by atoms with Gasteiger partial charge in [-0.15, -0.1) is 0 Å². The van der Waals surface area contributed by atoms with Crippen molar-refractivity contribution in [2.24, 2.45) is 0 Å². The standard InChI is InChI=1S/C12H3Cl6NO/c13-5-1-4(3-20)12(19-2-5)6-7(14)9(16)11(18)10(17)8(6)15/h1-3H. The Morgan fingerprint density at radius 2 is 1.35 bits per heavy atom. The van der Waals surface area contributed by atoms with E-state index in [4.69, 9.17) is 69.6 Å². The molecule has 8 heteroatoms. The van der Waals surface area contributed by atoms with Crippen molar-refractivity contribution in [2.45, 2.75) is 0 Å². The van der Waals surface area contributed by atoms with E-state index < -0.39 is 0 Å². The Kier molecular flexibility index (Phi) is 5.06. The maximum atomic E-state index is 11.1. The first-order valence-corrected chi connectivity index (χ1v) is 7.27. The molecule has 0 aliphatic heterocycles. The van der Waals surface area contributed by atoms with Crippen LogP contribution in [0.4, 0.5) is 0 Å². The number of benzene rings is 1. The van der Waals surface area contributed by atoms with Gasteiger partial charge in [0.15, 0.2) is 6.29 Å². The van der Waals surface area contributed by atoms with Crippen molar-refractivity contribution in [1.29, 1.82) is 0 Å². The zero-order valence-electron chi connectivity index (χ0n) is 9.36. The van der Waals surface area contributed by atoms with E-state index in [0.717, 1.165) is 0 Å². The SMILES string of the molecule is O=Cc1cc(Cl)cnc1-c1c(Cl)c(Cl)c(Cl)c(Cl)c1Cl. The number of carbonyl (C=O) groups excluding carboxylic acids is 1. The number of pyridine rings is 1. The highest BCUT2D eigenvalue weighted by molar-refractivity contribution is 6.56. The first-order chi connectivity index (χ1) is 9.38. The second-order valence-corrected chi connectivity index (χ2v) is 5.98. The average molecular weight is 390 g/mol. The third kappa shape index (κ3) is 2.74. The summed E-state index contributed by atoms with van der Waals surface area (Å²) in [5.74, 6) is 0. The molecule has 2 rings (SSSR count). The molecular formula is C12H3Cl6NO. The van der Waals surface area contributed by atoms with Crippen LogP contribution < -0.4 is 0 Å². The molecule has 2 aromatic rings. The molecule has 0 radical (unpaired) electrons. The van der Waals surface area contributed by atoms with Crippen molar-refractivity contribution in [3.8, 4) is 11.3 Å². The van der Waals surface area contributed by atoms with Gasteiger partial charge in [-0.3, -0.25) is 9.78 Å². The number of nitrogens with zero attached hydrogens (tertiary/aromatic N) is 1. The lowest BCUT2D eigenvalue weighted by Gasteiger charge is -2.13. The van der Waals surface area contributed by atoms with Gasteiger partial charge in [-0.1, -0.05) is 69.6 Å². The van der Waals surface area contributed by atoms with Crippen molar-refractivity contribution in [3.63, 3.8) is 0 Å². The van der Waals surface area contributed by atoms with E-state index in [1.54, 1.807) is 0 Å². The van der Waals surface area contributed by atoms with Gasteiger partial charge in [0.25, 0.3) is 0 Å². The molecule has 0 bridgehead atoms. The quantitative estimate of drug-likeness (QED) is 0.334. The summed E-state index contributed by atoms with van der Waals surface area (Å²) in [6, 6.07) is 1.43. The summed E-state index contributed by atoms with van der Waals surface area (Å²) in [6.07, 6.45) is 1.93. The minimum absolute atomic E-state index is 0.0336. The number of aromatic nitrogens is 1. The topological polar surface area (TPSA) is 30.0 Å². The number of hydrogen-bond acceptors (Lipinski definition) is 2. The van der Waals surface area contributed by atoms with Crippen LogP contribution in [0.15, 0.2) is 12.3 Å². The Bertz CT molecular complexity index is 687. The zero-order valence-corrected chi connectivity index (χ0v) is 13.9. The van der Waals surface area contributed by atoms with Crippen LogP contribution in [-0.4, -0.2) is 11.3 Å². The molecule has 104 valence electrons. The van der Waals surface area contributed by atoms with Gasteiger partial charge in [-0.2, -0.15) is 0 Å². The Morgan fingerprint density at radius 3 is 1.85 bits per heavy atom. The van der Waals surface area contributed by atoms with Crippen molar-refractivity contribution in [3.05, 3.63) is 48.0 Å². The van der Waals surface area contributed by atoms with E-state index >= 15 is 0 Å². The predicted octanol–water partition coefficient (Wildman–Crippen LogP) is 6.48. The molecule has 1 aromatic carbocycles. The summed E-state index contributed by atoms with van der Waals surface area (Å²) in [5.41, 5.74) is 0.655. The van der Waals surface area contributed by atoms with Gasteiger partial charge in [0.05, 0.1) is 35.8 Å². The third-order valence-corrected chi connectivity index (χ3v) is 4.94. The van der Waals surface area contributed by atoms with Crippen molar-refractivity contribution in [2.75, 3.05) is 0 Å². The largest absolute Gasteiger partial charge is 0.298 e. The van der Waals surface area contributed by atoms with Crippen molar-refractivity contribution < 1.29 is 4.79 Å². The Hall–Kier alpha value is -0.220. The molecule has 0 N–H and O–H groups in total. The molecule has 0 fully saturated rings. The van der Waals surface area contributed by atoms with Gasteiger partial charge >= 0.3 is 0 Å². The van der Waals surface area contributed by atoms with Crippen LogP contribution >= 0.6 is 69.6 Å². The average Bonchev–Trinajstić information content (AvgIpc) is 2.44. The van der Waals surface area contributed by atoms with E-state index in [-0.39, 0.29) is 41.9 Å². The minimum Gasteiger partial charge on any atom is -0.298 e. The fraction of sp³-hybridized carbons (Fsp3) is 0. The summed E-state index contributed by atoms with van der Waals surface area (Å²) in [5, 5.41) is 0.522. The maximum absolute atomic E-state index is 11.1. The molecule has 1 heterocycles.